The first kappa shape index (κ1) is 9.76. The van der Waals surface area contributed by atoms with Crippen molar-refractivity contribution in [3.63, 3.8) is 0 Å². The lowest BCUT2D eigenvalue weighted by Crippen LogP contribution is -2.44. The van der Waals surface area contributed by atoms with Crippen molar-refractivity contribution in [3.05, 3.63) is 24.2 Å². The van der Waals surface area contributed by atoms with Crippen LogP contribution in [0.2, 0.25) is 0 Å². The lowest BCUT2D eigenvalue weighted by Gasteiger charge is -2.18. The third kappa shape index (κ3) is 2.07. The third-order valence-corrected chi connectivity index (χ3v) is 1.71. The summed E-state index contributed by atoms with van der Waals surface area (Å²) in [5.74, 6) is -1.15. The van der Waals surface area contributed by atoms with Gasteiger partial charge in [0.1, 0.15) is 5.76 Å². The van der Waals surface area contributed by atoms with Gasteiger partial charge in [0.15, 0.2) is 5.60 Å². The van der Waals surface area contributed by atoms with Crippen LogP contribution in [0.4, 0.5) is 0 Å². The predicted octanol–water partition coefficient (Wildman–Crippen LogP) is -0.370. The highest BCUT2D eigenvalue weighted by Crippen LogP contribution is 2.13. The molecule has 3 N–H and O–H groups in total. The summed E-state index contributed by atoms with van der Waals surface area (Å²) in [5, 5.41) is 26.6. The highest BCUT2D eigenvalue weighted by Gasteiger charge is 2.36. The van der Waals surface area contributed by atoms with Gasteiger partial charge in [-0.15, -0.1) is 0 Å². The normalized spacial score (nSPS) is 15.2. The molecule has 0 aliphatic heterocycles. The van der Waals surface area contributed by atoms with E-state index in [0.29, 0.717) is 5.76 Å². The number of aliphatic carboxylic acids is 1. The number of furan rings is 1. The fourth-order valence-electron chi connectivity index (χ4n) is 0.901. The maximum absolute atomic E-state index is 10.5. The molecule has 0 aliphatic rings. The summed E-state index contributed by atoms with van der Waals surface area (Å²) in [7, 11) is 0. The minimum atomic E-state index is -2.15. The average Bonchev–Trinajstić information content (AvgIpc) is 2.56. The fraction of sp³-hybridized carbons (Fsp3) is 0.375. The molecule has 1 rings (SSSR count). The minimum Gasteiger partial charge on any atom is -0.479 e. The molecule has 0 fully saturated rings. The average molecular weight is 186 g/mol. The van der Waals surface area contributed by atoms with Gasteiger partial charge in [0.2, 0.25) is 0 Å². The summed E-state index contributed by atoms with van der Waals surface area (Å²) in [5.41, 5.74) is -2.15. The van der Waals surface area contributed by atoms with Gasteiger partial charge in [0.25, 0.3) is 0 Å². The van der Waals surface area contributed by atoms with Crippen LogP contribution in [0.5, 0.6) is 0 Å². The zero-order chi connectivity index (χ0) is 9.90. The van der Waals surface area contributed by atoms with Crippen LogP contribution >= 0.6 is 0 Å². The molecule has 0 aromatic carbocycles. The van der Waals surface area contributed by atoms with Gasteiger partial charge in [-0.3, -0.25) is 0 Å². The first-order chi connectivity index (χ1) is 6.08. The Balaban J connectivity index is 2.75. The first-order valence-electron chi connectivity index (χ1n) is 3.67. The van der Waals surface area contributed by atoms with Crippen molar-refractivity contribution in [2.75, 3.05) is 6.61 Å². The fourth-order valence-corrected chi connectivity index (χ4v) is 0.901. The second kappa shape index (κ2) is 3.59. The van der Waals surface area contributed by atoms with Crippen molar-refractivity contribution in [1.82, 2.24) is 0 Å². The highest BCUT2D eigenvalue weighted by molar-refractivity contribution is 5.77. The van der Waals surface area contributed by atoms with Gasteiger partial charge in [-0.25, -0.2) is 4.79 Å². The smallest absolute Gasteiger partial charge is 0.338 e. The van der Waals surface area contributed by atoms with Crippen LogP contribution in [0, 0.1) is 0 Å². The Morgan fingerprint density at radius 2 is 2.31 bits per heavy atom. The molecule has 1 aromatic heterocycles. The highest BCUT2D eigenvalue weighted by atomic mass is 16.4. The van der Waals surface area contributed by atoms with E-state index in [0.717, 1.165) is 0 Å². The number of hydrogen-bond donors (Lipinski definition) is 3. The maximum Gasteiger partial charge on any atom is 0.338 e. The second-order valence-corrected chi connectivity index (χ2v) is 2.75. The molecule has 13 heavy (non-hydrogen) atoms. The summed E-state index contributed by atoms with van der Waals surface area (Å²) < 4.78 is 4.85. The van der Waals surface area contributed by atoms with Crippen LogP contribution in [0.3, 0.4) is 0 Å². The summed E-state index contributed by atoms with van der Waals surface area (Å²) in [6.07, 6.45) is 1.13. The number of carboxylic acid groups (broad SMARTS) is 1. The van der Waals surface area contributed by atoms with Gasteiger partial charge in [-0.1, -0.05) is 0 Å². The van der Waals surface area contributed by atoms with E-state index >= 15 is 0 Å². The number of carboxylic acids is 1. The first-order valence-corrected chi connectivity index (χ1v) is 3.67. The summed E-state index contributed by atoms with van der Waals surface area (Å²) in [6.45, 7) is -0.844. The lowest BCUT2D eigenvalue weighted by atomic mass is 10.00. The Morgan fingerprint density at radius 1 is 1.62 bits per heavy atom. The molecule has 0 bridgehead atoms. The van der Waals surface area contributed by atoms with Gasteiger partial charge in [0, 0.05) is 6.42 Å². The van der Waals surface area contributed by atoms with Crippen LogP contribution in [0.25, 0.3) is 0 Å². The SMILES string of the molecule is O=C(O)C(O)(CO)Cc1ccco1. The Kier molecular flexibility index (Phi) is 2.69. The third-order valence-electron chi connectivity index (χ3n) is 1.71. The van der Waals surface area contributed by atoms with Crippen LogP contribution in [0.15, 0.2) is 22.8 Å². The molecule has 0 spiro atoms. The predicted molar refractivity (Wildman–Crippen MR) is 42.1 cm³/mol. The molecule has 1 unspecified atom stereocenters. The van der Waals surface area contributed by atoms with E-state index in [4.69, 9.17) is 14.6 Å². The molecular weight excluding hydrogens is 176 g/mol. The maximum atomic E-state index is 10.5. The minimum absolute atomic E-state index is 0.244. The van der Waals surface area contributed by atoms with E-state index in [2.05, 4.69) is 0 Å². The van der Waals surface area contributed by atoms with Crippen molar-refractivity contribution >= 4 is 5.97 Å². The molecule has 1 aromatic rings. The standard InChI is InChI=1S/C8H10O5/c9-5-8(12,7(10)11)4-6-2-1-3-13-6/h1-3,9,12H,4-5H2,(H,10,11). The van der Waals surface area contributed by atoms with Crippen LogP contribution in [-0.4, -0.2) is 33.5 Å². The largest absolute Gasteiger partial charge is 0.479 e. The Bertz CT molecular complexity index is 279. The Morgan fingerprint density at radius 3 is 2.69 bits per heavy atom. The topological polar surface area (TPSA) is 90.9 Å². The summed E-state index contributed by atoms with van der Waals surface area (Å²) in [6, 6.07) is 3.11. The van der Waals surface area contributed by atoms with E-state index in [9.17, 15) is 9.90 Å². The van der Waals surface area contributed by atoms with Gasteiger partial charge in [-0.05, 0) is 12.1 Å². The Hall–Kier alpha value is -1.33. The Labute approximate surface area is 74.2 Å². The summed E-state index contributed by atoms with van der Waals surface area (Å²) in [4.78, 5) is 10.5. The number of aliphatic hydroxyl groups is 2. The molecule has 1 atom stereocenters. The van der Waals surface area contributed by atoms with Crippen molar-refractivity contribution < 1.29 is 24.5 Å². The number of hydrogen-bond acceptors (Lipinski definition) is 4. The quantitative estimate of drug-likeness (QED) is 0.596. The zero-order valence-corrected chi connectivity index (χ0v) is 6.80. The summed E-state index contributed by atoms with van der Waals surface area (Å²) >= 11 is 0. The molecule has 0 saturated carbocycles. The van der Waals surface area contributed by atoms with Gasteiger partial charge in [0.05, 0.1) is 12.9 Å². The second-order valence-electron chi connectivity index (χ2n) is 2.75. The molecule has 72 valence electrons. The number of aliphatic hydroxyl groups excluding tert-OH is 1. The van der Waals surface area contributed by atoms with Gasteiger partial charge >= 0.3 is 5.97 Å². The van der Waals surface area contributed by atoms with Crippen LogP contribution in [0.1, 0.15) is 5.76 Å². The van der Waals surface area contributed by atoms with Gasteiger partial charge in [-0.2, -0.15) is 0 Å². The number of rotatable bonds is 4. The van der Waals surface area contributed by atoms with Gasteiger partial charge < -0.3 is 19.7 Å². The molecule has 5 nitrogen and oxygen atoms in total. The van der Waals surface area contributed by atoms with Crippen LogP contribution in [-0.2, 0) is 11.2 Å². The molecule has 0 saturated heterocycles. The van der Waals surface area contributed by atoms with E-state index in [1.165, 1.54) is 12.3 Å². The molecule has 5 heteroatoms. The van der Waals surface area contributed by atoms with Crippen molar-refractivity contribution in [2.24, 2.45) is 0 Å². The lowest BCUT2D eigenvalue weighted by molar-refractivity contribution is -0.163. The molecule has 0 amide bonds. The van der Waals surface area contributed by atoms with Crippen molar-refractivity contribution in [1.29, 1.82) is 0 Å². The molecule has 0 radical (unpaired) electrons. The van der Waals surface area contributed by atoms with Crippen molar-refractivity contribution in [3.8, 4) is 0 Å². The number of carbonyl (C=O) groups is 1. The molecule has 1 heterocycles. The van der Waals surface area contributed by atoms with Crippen LogP contribution < -0.4 is 0 Å². The van der Waals surface area contributed by atoms with Crippen molar-refractivity contribution in [2.45, 2.75) is 12.0 Å². The monoisotopic (exact) mass is 186 g/mol. The molecular formula is C8H10O5. The zero-order valence-electron chi connectivity index (χ0n) is 6.80. The molecule has 0 aliphatic carbocycles. The van der Waals surface area contributed by atoms with E-state index < -0.39 is 18.2 Å². The van der Waals surface area contributed by atoms with E-state index in [1.807, 2.05) is 0 Å². The van der Waals surface area contributed by atoms with E-state index in [-0.39, 0.29) is 6.42 Å². The van der Waals surface area contributed by atoms with E-state index in [1.54, 1.807) is 6.07 Å².